The number of nitrogen functional groups attached to an aromatic ring is 2. The normalized spacial score (nSPS) is 10.8. The van der Waals surface area contributed by atoms with E-state index in [4.69, 9.17) is 16.2 Å². The highest BCUT2D eigenvalue weighted by atomic mass is 16.5. The first-order valence-corrected chi connectivity index (χ1v) is 9.96. The SMILES string of the molecule is CCCCCCCCCCCCCCOC(=O)c1cc(N)cc(N)c1. The second-order valence-electron chi connectivity index (χ2n) is 6.91. The third-order valence-corrected chi connectivity index (χ3v) is 4.44. The van der Waals surface area contributed by atoms with Gasteiger partial charge in [-0.05, 0) is 24.6 Å². The summed E-state index contributed by atoms with van der Waals surface area (Å²) in [6.07, 6.45) is 15.5. The summed E-state index contributed by atoms with van der Waals surface area (Å²) in [5.41, 5.74) is 12.8. The number of hydrogen-bond acceptors (Lipinski definition) is 4. The molecule has 0 aliphatic carbocycles. The molecule has 0 atom stereocenters. The Balaban J connectivity index is 1.94. The quantitative estimate of drug-likeness (QED) is 0.256. The van der Waals surface area contributed by atoms with Gasteiger partial charge in [0.2, 0.25) is 0 Å². The van der Waals surface area contributed by atoms with E-state index in [0.717, 1.165) is 12.8 Å². The molecule has 4 heteroatoms. The molecule has 0 spiro atoms. The summed E-state index contributed by atoms with van der Waals surface area (Å²) in [5, 5.41) is 0. The lowest BCUT2D eigenvalue weighted by molar-refractivity contribution is 0.0498. The van der Waals surface area contributed by atoms with Crippen LogP contribution in [0.2, 0.25) is 0 Å². The van der Waals surface area contributed by atoms with E-state index in [-0.39, 0.29) is 5.97 Å². The number of hydrogen-bond donors (Lipinski definition) is 2. The van der Waals surface area contributed by atoms with Crippen LogP contribution >= 0.6 is 0 Å². The van der Waals surface area contributed by atoms with Crippen LogP contribution in [0.5, 0.6) is 0 Å². The van der Waals surface area contributed by atoms with Gasteiger partial charge in [-0.3, -0.25) is 0 Å². The van der Waals surface area contributed by atoms with Crippen molar-refractivity contribution in [3.8, 4) is 0 Å². The minimum Gasteiger partial charge on any atom is -0.462 e. The van der Waals surface area contributed by atoms with Crippen molar-refractivity contribution in [3.05, 3.63) is 23.8 Å². The zero-order valence-electron chi connectivity index (χ0n) is 15.9. The van der Waals surface area contributed by atoms with Crippen molar-refractivity contribution in [1.29, 1.82) is 0 Å². The molecule has 0 aliphatic heterocycles. The largest absolute Gasteiger partial charge is 0.462 e. The second kappa shape index (κ2) is 13.6. The van der Waals surface area contributed by atoms with Gasteiger partial charge in [0, 0.05) is 11.4 Å². The number of ether oxygens (including phenoxy) is 1. The van der Waals surface area contributed by atoms with Crippen molar-refractivity contribution in [2.24, 2.45) is 0 Å². The van der Waals surface area contributed by atoms with Gasteiger partial charge in [0.25, 0.3) is 0 Å². The summed E-state index contributed by atoms with van der Waals surface area (Å²) < 4.78 is 5.28. The molecule has 0 amide bonds. The molecule has 0 aromatic heterocycles. The smallest absolute Gasteiger partial charge is 0.338 e. The fourth-order valence-electron chi connectivity index (χ4n) is 2.99. The highest BCUT2D eigenvalue weighted by Crippen LogP contribution is 2.15. The maximum Gasteiger partial charge on any atom is 0.338 e. The van der Waals surface area contributed by atoms with Crippen molar-refractivity contribution in [3.63, 3.8) is 0 Å². The van der Waals surface area contributed by atoms with Gasteiger partial charge in [0.1, 0.15) is 0 Å². The Morgan fingerprint density at radius 3 is 1.68 bits per heavy atom. The van der Waals surface area contributed by atoms with Crippen LogP contribution in [-0.4, -0.2) is 12.6 Å². The van der Waals surface area contributed by atoms with Crippen molar-refractivity contribution in [2.45, 2.75) is 84.0 Å². The van der Waals surface area contributed by atoms with Gasteiger partial charge >= 0.3 is 5.97 Å². The van der Waals surface area contributed by atoms with E-state index >= 15 is 0 Å². The third-order valence-electron chi connectivity index (χ3n) is 4.44. The minimum absolute atomic E-state index is 0.345. The fraction of sp³-hybridized carbons (Fsp3) is 0.667. The van der Waals surface area contributed by atoms with E-state index in [1.54, 1.807) is 18.2 Å². The molecule has 142 valence electrons. The van der Waals surface area contributed by atoms with Gasteiger partial charge in [0.05, 0.1) is 12.2 Å². The lowest BCUT2D eigenvalue weighted by Gasteiger charge is -2.07. The Hall–Kier alpha value is -1.71. The number of rotatable bonds is 14. The van der Waals surface area contributed by atoms with Gasteiger partial charge in [-0.25, -0.2) is 4.79 Å². The topological polar surface area (TPSA) is 78.3 Å². The maximum absolute atomic E-state index is 11.9. The Labute approximate surface area is 153 Å². The van der Waals surface area contributed by atoms with E-state index in [1.807, 2.05) is 0 Å². The minimum atomic E-state index is -0.345. The zero-order valence-corrected chi connectivity index (χ0v) is 15.9. The van der Waals surface area contributed by atoms with Crippen LogP contribution in [0, 0.1) is 0 Å². The molecule has 0 saturated carbocycles. The molecule has 4 nitrogen and oxygen atoms in total. The molecule has 0 bridgehead atoms. The number of esters is 1. The second-order valence-corrected chi connectivity index (χ2v) is 6.91. The first-order chi connectivity index (χ1) is 12.1. The lowest BCUT2D eigenvalue weighted by Crippen LogP contribution is -2.07. The number of carbonyl (C=O) groups is 1. The summed E-state index contributed by atoms with van der Waals surface area (Å²) >= 11 is 0. The van der Waals surface area contributed by atoms with Gasteiger partial charge in [-0.2, -0.15) is 0 Å². The summed E-state index contributed by atoms with van der Waals surface area (Å²) in [4.78, 5) is 11.9. The molecule has 4 N–H and O–H groups in total. The molecule has 1 rings (SSSR count). The molecule has 0 radical (unpaired) electrons. The van der Waals surface area contributed by atoms with E-state index < -0.39 is 0 Å². The van der Waals surface area contributed by atoms with E-state index in [2.05, 4.69) is 6.92 Å². The van der Waals surface area contributed by atoms with Gasteiger partial charge in [-0.1, -0.05) is 77.6 Å². The highest BCUT2D eigenvalue weighted by Gasteiger charge is 2.08. The number of benzene rings is 1. The average Bonchev–Trinajstić information content (AvgIpc) is 2.58. The Kier molecular flexibility index (Phi) is 11.6. The molecule has 0 saturated heterocycles. The number of anilines is 2. The Morgan fingerprint density at radius 2 is 1.20 bits per heavy atom. The first kappa shape index (κ1) is 21.3. The third kappa shape index (κ3) is 10.7. The van der Waals surface area contributed by atoms with Crippen LogP contribution in [0.1, 0.15) is 94.3 Å². The Morgan fingerprint density at radius 1 is 0.760 bits per heavy atom. The molecule has 1 aromatic carbocycles. The molecule has 0 heterocycles. The van der Waals surface area contributed by atoms with Crippen LogP contribution in [0.25, 0.3) is 0 Å². The standard InChI is InChI=1S/C21H36N2O2/c1-2-3-4-5-6-7-8-9-10-11-12-13-14-25-21(24)18-15-19(22)17-20(23)16-18/h15-17H,2-14,22-23H2,1H3. The number of unbranched alkanes of at least 4 members (excludes halogenated alkanes) is 11. The highest BCUT2D eigenvalue weighted by molar-refractivity contribution is 5.91. The summed E-state index contributed by atoms with van der Waals surface area (Å²) in [7, 11) is 0. The average molecular weight is 349 g/mol. The van der Waals surface area contributed by atoms with E-state index in [0.29, 0.717) is 23.5 Å². The van der Waals surface area contributed by atoms with Crippen LogP contribution in [0.15, 0.2) is 18.2 Å². The van der Waals surface area contributed by atoms with Gasteiger partial charge in [0.15, 0.2) is 0 Å². The molecule has 0 unspecified atom stereocenters. The number of nitrogens with two attached hydrogens (primary N) is 2. The maximum atomic E-state index is 11.9. The molecule has 0 aliphatic rings. The first-order valence-electron chi connectivity index (χ1n) is 9.96. The van der Waals surface area contributed by atoms with E-state index in [9.17, 15) is 4.79 Å². The summed E-state index contributed by atoms with van der Waals surface area (Å²) in [5.74, 6) is -0.345. The molecule has 0 fully saturated rings. The predicted octanol–water partition coefficient (Wildman–Crippen LogP) is 5.71. The molecular formula is C21H36N2O2. The monoisotopic (exact) mass is 348 g/mol. The van der Waals surface area contributed by atoms with Crippen LogP contribution < -0.4 is 11.5 Å². The molecule has 25 heavy (non-hydrogen) atoms. The lowest BCUT2D eigenvalue weighted by atomic mass is 10.1. The van der Waals surface area contributed by atoms with Crippen molar-refractivity contribution in [2.75, 3.05) is 18.1 Å². The molecular weight excluding hydrogens is 312 g/mol. The van der Waals surface area contributed by atoms with Gasteiger partial charge < -0.3 is 16.2 Å². The van der Waals surface area contributed by atoms with E-state index in [1.165, 1.54) is 64.2 Å². The fourth-order valence-corrected chi connectivity index (χ4v) is 2.99. The van der Waals surface area contributed by atoms with Crippen molar-refractivity contribution < 1.29 is 9.53 Å². The van der Waals surface area contributed by atoms with Crippen molar-refractivity contribution in [1.82, 2.24) is 0 Å². The van der Waals surface area contributed by atoms with Crippen molar-refractivity contribution >= 4 is 17.3 Å². The van der Waals surface area contributed by atoms with Crippen LogP contribution in [-0.2, 0) is 4.74 Å². The molecule has 1 aromatic rings. The predicted molar refractivity (Wildman–Crippen MR) is 107 cm³/mol. The van der Waals surface area contributed by atoms with Crippen LogP contribution in [0.4, 0.5) is 11.4 Å². The summed E-state index contributed by atoms with van der Waals surface area (Å²) in [6.45, 7) is 2.72. The Bertz CT molecular complexity index is 469. The number of carbonyl (C=O) groups excluding carboxylic acids is 1. The zero-order chi connectivity index (χ0) is 18.3. The van der Waals surface area contributed by atoms with Gasteiger partial charge in [-0.15, -0.1) is 0 Å². The van der Waals surface area contributed by atoms with Crippen LogP contribution in [0.3, 0.4) is 0 Å². The summed E-state index contributed by atoms with van der Waals surface area (Å²) in [6, 6.07) is 4.82.